The Morgan fingerprint density at radius 3 is 2.49 bits per heavy atom. The lowest BCUT2D eigenvalue weighted by molar-refractivity contribution is -0.135. The molecule has 11 heteroatoms. The highest BCUT2D eigenvalue weighted by atomic mass is 19.1. The molecular weight excluding hydrogens is 458 g/mol. The van der Waals surface area contributed by atoms with Crippen LogP contribution in [-0.2, 0) is 11.3 Å². The van der Waals surface area contributed by atoms with E-state index < -0.39 is 18.3 Å². The molecule has 0 aliphatic rings. The number of aromatic nitrogens is 5. The molecule has 184 valence electrons. The van der Waals surface area contributed by atoms with E-state index in [-0.39, 0.29) is 29.7 Å². The molecule has 0 aliphatic heterocycles. The number of halogens is 2. The second-order valence-corrected chi connectivity index (χ2v) is 8.40. The van der Waals surface area contributed by atoms with E-state index in [9.17, 15) is 13.6 Å². The standard InChI is InChI=1S/C20H16F2N6O3.C4H10/c1-27(11-18(29)30)20-14(22)9-23-19(24-20)16-8-17(15-6-7-31-26-15)28(25-16)10-12-4-2-3-5-13(12)21;1-4(2)3/h2-9H,10-11H2,1H3,(H,29,30);4H,1-3H3. The Hall–Kier alpha value is -4.15. The summed E-state index contributed by atoms with van der Waals surface area (Å²) in [4.78, 5) is 20.2. The first-order valence-corrected chi connectivity index (χ1v) is 10.8. The summed E-state index contributed by atoms with van der Waals surface area (Å²) < 4.78 is 34.8. The topological polar surface area (TPSA) is 110 Å². The van der Waals surface area contributed by atoms with Gasteiger partial charge in [0.05, 0.1) is 18.4 Å². The lowest BCUT2D eigenvalue weighted by Crippen LogP contribution is -2.27. The molecule has 0 atom stereocenters. The summed E-state index contributed by atoms with van der Waals surface area (Å²) >= 11 is 0. The average molecular weight is 485 g/mol. The molecule has 3 aromatic heterocycles. The SMILES string of the molecule is CC(C)C.CN(CC(=O)O)c1nc(-c2cc(-c3ccon3)n(Cc3ccccc3F)n2)ncc1F. The highest BCUT2D eigenvalue weighted by Crippen LogP contribution is 2.26. The molecule has 0 aliphatic carbocycles. The van der Waals surface area contributed by atoms with E-state index in [1.165, 1.54) is 24.1 Å². The fourth-order valence-electron chi connectivity index (χ4n) is 3.01. The van der Waals surface area contributed by atoms with Crippen LogP contribution in [0.2, 0.25) is 0 Å². The van der Waals surface area contributed by atoms with Crippen LogP contribution in [0.15, 0.2) is 53.4 Å². The number of likely N-dealkylation sites (N-methyl/N-ethyl adjacent to an activating group) is 1. The van der Waals surface area contributed by atoms with Crippen molar-refractivity contribution >= 4 is 11.8 Å². The number of carbonyl (C=O) groups is 1. The van der Waals surface area contributed by atoms with Gasteiger partial charge in [-0.3, -0.25) is 9.48 Å². The van der Waals surface area contributed by atoms with Crippen molar-refractivity contribution in [2.45, 2.75) is 27.3 Å². The average Bonchev–Trinajstić information content (AvgIpc) is 3.45. The third kappa shape index (κ3) is 6.69. The van der Waals surface area contributed by atoms with Gasteiger partial charge in [-0.1, -0.05) is 44.1 Å². The minimum Gasteiger partial charge on any atom is -0.480 e. The molecule has 0 unspecified atom stereocenters. The molecule has 0 radical (unpaired) electrons. The number of carboxylic acid groups (broad SMARTS) is 1. The second kappa shape index (κ2) is 11.3. The molecule has 0 saturated heterocycles. The van der Waals surface area contributed by atoms with Gasteiger partial charge in [0.1, 0.15) is 30.0 Å². The number of aliphatic carboxylic acids is 1. The second-order valence-electron chi connectivity index (χ2n) is 8.40. The third-order valence-corrected chi connectivity index (χ3v) is 4.45. The fraction of sp³-hybridized carbons (Fsp3) is 0.292. The zero-order valence-corrected chi connectivity index (χ0v) is 19.8. The molecule has 3 heterocycles. The predicted octanol–water partition coefficient (Wildman–Crippen LogP) is 4.50. The minimum atomic E-state index is -1.13. The number of anilines is 1. The largest absolute Gasteiger partial charge is 0.480 e. The van der Waals surface area contributed by atoms with E-state index in [0.717, 1.165) is 17.0 Å². The van der Waals surface area contributed by atoms with E-state index in [1.54, 1.807) is 30.3 Å². The van der Waals surface area contributed by atoms with Crippen molar-refractivity contribution in [2.75, 3.05) is 18.5 Å². The van der Waals surface area contributed by atoms with Gasteiger partial charge in [-0.25, -0.2) is 18.7 Å². The number of benzene rings is 1. The van der Waals surface area contributed by atoms with Crippen molar-refractivity contribution in [1.29, 1.82) is 0 Å². The van der Waals surface area contributed by atoms with Gasteiger partial charge < -0.3 is 14.5 Å². The third-order valence-electron chi connectivity index (χ3n) is 4.45. The molecule has 1 N–H and O–H groups in total. The Labute approximate surface area is 201 Å². The molecule has 9 nitrogen and oxygen atoms in total. The molecule has 1 aromatic carbocycles. The van der Waals surface area contributed by atoms with Gasteiger partial charge in [-0.2, -0.15) is 5.10 Å². The van der Waals surface area contributed by atoms with Gasteiger partial charge in [0, 0.05) is 18.7 Å². The van der Waals surface area contributed by atoms with Gasteiger partial charge in [-0.05, 0) is 18.1 Å². The van der Waals surface area contributed by atoms with E-state index in [1.807, 2.05) is 0 Å². The van der Waals surface area contributed by atoms with Crippen molar-refractivity contribution in [3.05, 3.63) is 66.1 Å². The molecule has 0 amide bonds. The van der Waals surface area contributed by atoms with Gasteiger partial charge >= 0.3 is 5.97 Å². The van der Waals surface area contributed by atoms with Crippen LogP contribution >= 0.6 is 0 Å². The van der Waals surface area contributed by atoms with Crippen molar-refractivity contribution in [1.82, 2.24) is 24.9 Å². The summed E-state index contributed by atoms with van der Waals surface area (Å²) in [7, 11) is 1.40. The first-order valence-electron chi connectivity index (χ1n) is 10.8. The van der Waals surface area contributed by atoms with E-state index in [2.05, 4.69) is 41.0 Å². The molecule has 0 saturated carbocycles. The summed E-state index contributed by atoms with van der Waals surface area (Å²) in [6, 6.07) is 9.53. The Kier molecular flexibility index (Phi) is 8.24. The molecular formula is C24H26F2N6O3. The van der Waals surface area contributed by atoms with Crippen molar-refractivity contribution in [3.63, 3.8) is 0 Å². The summed E-state index contributed by atoms with van der Waals surface area (Å²) in [5, 5.41) is 17.3. The lowest BCUT2D eigenvalue weighted by atomic mass is 10.2. The first kappa shape index (κ1) is 25.5. The van der Waals surface area contributed by atoms with Gasteiger partial charge in [0.2, 0.25) is 0 Å². The molecule has 4 aromatic rings. The van der Waals surface area contributed by atoms with Crippen molar-refractivity contribution in [3.8, 4) is 22.9 Å². The molecule has 0 bridgehead atoms. The highest BCUT2D eigenvalue weighted by Gasteiger charge is 2.20. The van der Waals surface area contributed by atoms with Crippen LogP contribution in [0.1, 0.15) is 26.3 Å². The highest BCUT2D eigenvalue weighted by molar-refractivity contribution is 5.73. The monoisotopic (exact) mass is 484 g/mol. The van der Waals surface area contributed by atoms with Gasteiger partial charge in [0.25, 0.3) is 0 Å². The van der Waals surface area contributed by atoms with Crippen molar-refractivity contribution in [2.24, 2.45) is 5.92 Å². The normalized spacial score (nSPS) is 10.7. The Morgan fingerprint density at radius 1 is 1.14 bits per heavy atom. The van der Waals surface area contributed by atoms with Crippen LogP contribution in [0, 0.1) is 17.6 Å². The summed E-state index contributed by atoms with van der Waals surface area (Å²) in [6.45, 7) is 6.15. The van der Waals surface area contributed by atoms with E-state index >= 15 is 0 Å². The number of rotatable bonds is 7. The first-order chi connectivity index (χ1) is 16.7. The summed E-state index contributed by atoms with van der Waals surface area (Å²) in [6.07, 6.45) is 2.34. The Morgan fingerprint density at radius 2 is 1.86 bits per heavy atom. The van der Waals surface area contributed by atoms with E-state index in [0.29, 0.717) is 17.0 Å². The van der Waals surface area contributed by atoms with Crippen LogP contribution < -0.4 is 4.90 Å². The van der Waals surface area contributed by atoms with E-state index in [4.69, 9.17) is 9.63 Å². The predicted molar refractivity (Wildman–Crippen MR) is 126 cm³/mol. The maximum atomic E-state index is 14.2. The Bertz CT molecular complexity index is 1270. The number of hydrogen-bond acceptors (Lipinski definition) is 7. The van der Waals surface area contributed by atoms with Gasteiger partial charge in [-0.15, -0.1) is 0 Å². The lowest BCUT2D eigenvalue weighted by Gasteiger charge is -2.16. The van der Waals surface area contributed by atoms with Crippen molar-refractivity contribution < 1.29 is 23.2 Å². The minimum absolute atomic E-state index is 0.0747. The number of carboxylic acids is 1. The molecule has 0 fully saturated rings. The van der Waals surface area contributed by atoms with Crippen LogP contribution in [0.25, 0.3) is 22.9 Å². The molecule has 4 rings (SSSR count). The Balaban J connectivity index is 0.000000795. The smallest absolute Gasteiger partial charge is 0.323 e. The maximum absolute atomic E-state index is 14.2. The van der Waals surface area contributed by atoms with Crippen LogP contribution in [-0.4, -0.2) is 49.6 Å². The summed E-state index contributed by atoms with van der Waals surface area (Å²) in [5.41, 5.74) is 1.66. The summed E-state index contributed by atoms with van der Waals surface area (Å²) in [5.74, 6) is -1.56. The zero-order chi connectivity index (χ0) is 25.5. The fourth-order valence-corrected chi connectivity index (χ4v) is 3.01. The maximum Gasteiger partial charge on any atom is 0.323 e. The van der Waals surface area contributed by atoms with Crippen LogP contribution in [0.3, 0.4) is 0 Å². The van der Waals surface area contributed by atoms with Crippen LogP contribution in [0.4, 0.5) is 14.6 Å². The van der Waals surface area contributed by atoms with Gasteiger partial charge in [0.15, 0.2) is 17.5 Å². The van der Waals surface area contributed by atoms with Crippen LogP contribution in [0.5, 0.6) is 0 Å². The molecule has 0 spiro atoms. The number of hydrogen-bond donors (Lipinski definition) is 1. The zero-order valence-electron chi connectivity index (χ0n) is 19.8. The number of nitrogens with zero attached hydrogens (tertiary/aromatic N) is 6. The molecule has 35 heavy (non-hydrogen) atoms. The quantitative estimate of drug-likeness (QED) is 0.408.